The maximum absolute atomic E-state index is 13.5. The summed E-state index contributed by atoms with van der Waals surface area (Å²) in [6.07, 6.45) is 6.38. The molecule has 4 aromatic heterocycles. The Morgan fingerprint density at radius 2 is 1.76 bits per heavy atom. The van der Waals surface area contributed by atoms with Gasteiger partial charge in [-0.3, -0.25) is 9.20 Å². The highest BCUT2D eigenvalue weighted by Crippen LogP contribution is 2.37. The minimum absolute atomic E-state index is 0.115. The number of piperazine rings is 1. The molecule has 1 aromatic carbocycles. The van der Waals surface area contributed by atoms with Crippen LogP contribution in [0.4, 0.5) is 21.3 Å². The Labute approximate surface area is 263 Å². The largest absolute Gasteiger partial charge is 0.339 e. The van der Waals surface area contributed by atoms with Crippen LogP contribution in [0.5, 0.6) is 0 Å². The van der Waals surface area contributed by atoms with E-state index in [4.69, 9.17) is 9.97 Å². The quantitative estimate of drug-likeness (QED) is 0.286. The van der Waals surface area contributed by atoms with Gasteiger partial charge in [-0.2, -0.15) is 5.26 Å². The summed E-state index contributed by atoms with van der Waals surface area (Å²) >= 11 is 1.28. The molecule has 2 fully saturated rings. The molecule has 5 aromatic rings. The van der Waals surface area contributed by atoms with Crippen LogP contribution in [0.2, 0.25) is 0 Å². The third-order valence-electron chi connectivity index (χ3n) is 8.41. The van der Waals surface area contributed by atoms with E-state index in [1.165, 1.54) is 23.5 Å². The number of hydrogen-bond donors (Lipinski definition) is 1. The van der Waals surface area contributed by atoms with Crippen molar-refractivity contribution in [2.24, 2.45) is 5.92 Å². The number of aromatic nitrogens is 5. The molecule has 13 heteroatoms. The van der Waals surface area contributed by atoms with E-state index in [1.807, 2.05) is 52.0 Å². The number of amides is 1. The first-order chi connectivity index (χ1) is 21.9. The average molecular weight is 623 g/mol. The highest BCUT2D eigenvalue weighted by Gasteiger charge is 2.31. The zero-order chi connectivity index (χ0) is 31.1. The first kappa shape index (κ1) is 28.8. The van der Waals surface area contributed by atoms with E-state index < -0.39 is 0 Å². The maximum atomic E-state index is 13.5. The number of aryl methyl sites for hydroxylation is 1. The summed E-state index contributed by atoms with van der Waals surface area (Å²) in [5.74, 6) is 1.52. The van der Waals surface area contributed by atoms with Gasteiger partial charge >= 0.3 is 0 Å². The lowest BCUT2D eigenvalue weighted by molar-refractivity contribution is -0.137. The number of nitriles is 1. The van der Waals surface area contributed by atoms with E-state index in [2.05, 4.69) is 33.2 Å². The van der Waals surface area contributed by atoms with Crippen LogP contribution in [0.3, 0.4) is 0 Å². The van der Waals surface area contributed by atoms with Crippen molar-refractivity contribution < 1.29 is 9.18 Å². The summed E-state index contributed by atoms with van der Waals surface area (Å²) < 4.78 is 15.6. The lowest BCUT2D eigenvalue weighted by Crippen LogP contribution is -2.56. The van der Waals surface area contributed by atoms with Crippen LogP contribution in [0.15, 0.2) is 55.0 Å². The first-order valence-electron chi connectivity index (χ1n) is 14.9. The van der Waals surface area contributed by atoms with Crippen LogP contribution in [0, 0.1) is 23.1 Å². The van der Waals surface area contributed by atoms with Gasteiger partial charge in [-0.05, 0) is 42.8 Å². The summed E-state index contributed by atoms with van der Waals surface area (Å²) in [5, 5.41) is 13.6. The van der Waals surface area contributed by atoms with Crippen molar-refractivity contribution in [2.45, 2.75) is 13.3 Å². The van der Waals surface area contributed by atoms with E-state index in [1.54, 1.807) is 12.1 Å². The molecule has 45 heavy (non-hydrogen) atoms. The van der Waals surface area contributed by atoms with Crippen LogP contribution in [0.1, 0.15) is 17.5 Å². The molecule has 2 saturated heterocycles. The predicted molar refractivity (Wildman–Crippen MR) is 171 cm³/mol. The molecule has 228 valence electrons. The molecule has 0 spiro atoms. The number of fused-ring (bicyclic) bond motifs is 1. The van der Waals surface area contributed by atoms with Crippen LogP contribution in [0.25, 0.3) is 28.0 Å². The molecule has 0 bridgehead atoms. The average Bonchev–Trinajstić information content (AvgIpc) is 3.66. The van der Waals surface area contributed by atoms with Gasteiger partial charge in [-0.15, -0.1) is 0 Å². The van der Waals surface area contributed by atoms with Crippen LogP contribution in [-0.4, -0.2) is 81.5 Å². The third-order valence-corrected chi connectivity index (χ3v) is 9.45. The number of pyridine rings is 1. The molecular formula is C32H31FN10OS. The Bertz CT molecular complexity index is 1900. The summed E-state index contributed by atoms with van der Waals surface area (Å²) in [6.45, 7) is 6.36. The Balaban J connectivity index is 1.14. The Hall–Kier alpha value is -4.93. The highest BCUT2D eigenvalue weighted by molar-refractivity contribution is 7.16. The molecular weight excluding hydrogens is 591 g/mol. The highest BCUT2D eigenvalue weighted by atomic mass is 32.1. The number of nitrogens with zero attached hydrogens (tertiary/aromatic N) is 9. The Morgan fingerprint density at radius 3 is 2.40 bits per heavy atom. The van der Waals surface area contributed by atoms with E-state index in [0.717, 1.165) is 41.4 Å². The minimum atomic E-state index is -0.341. The number of hydrogen-bond acceptors (Lipinski definition) is 10. The maximum Gasteiger partial charge on any atom is 0.228 e. The molecule has 7 rings (SSSR count). The SMILES string of the molecule is CCc1nc2ccc(-c3cnc(N4CCN(C(=O)C5CNC5)CC4)nc3)cn2c1N(C)c1nc(-c2ccc(F)cc2)c(C#N)s1. The van der Waals surface area contributed by atoms with Gasteiger partial charge in [-0.1, -0.05) is 18.3 Å². The van der Waals surface area contributed by atoms with Crippen molar-refractivity contribution >= 4 is 39.8 Å². The third kappa shape index (κ3) is 5.36. The molecule has 2 aliphatic rings. The molecule has 2 aliphatic heterocycles. The van der Waals surface area contributed by atoms with Gasteiger partial charge in [0.15, 0.2) is 5.13 Å². The number of rotatable bonds is 7. The number of imidazole rings is 1. The normalized spacial score (nSPS) is 15.2. The van der Waals surface area contributed by atoms with Crippen molar-refractivity contribution in [3.05, 3.63) is 71.4 Å². The van der Waals surface area contributed by atoms with Gasteiger partial charge in [-0.25, -0.2) is 24.3 Å². The van der Waals surface area contributed by atoms with Crippen LogP contribution >= 0.6 is 11.3 Å². The second-order valence-corrected chi connectivity index (χ2v) is 12.2. The number of anilines is 3. The number of nitrogens with one attached hydrogen (secondary N) is 1. The molecule has 0 radical (unpaired) electrons. The zero-order valence-corrected chi connectivity index (χ0v) is 25.8. The van der Waals surface area contributed by atoms with Gasteiger partial charge < -0.3 is 20.0 Å². The van der Waals surface area contributed by atoms with Crippen LogP contribution < -0.4 is 15.1 Å². The summed E-state index contributed by atoms with van der Waals surface area (Å²) in [7, 11) is 1.91. The number of halogens is 1. The van der Waals surface area contributed by atoms with Crippen molar-refractivity contribution in [1.82, 2.24) is 34.6 Å². The number of thiazole rings is 1. The van der Waals surface area contributed by atoms with Crippen molar-refractivity contribution in [1.29, 1.82) is 5.26 Å². The first-order valence-corrected chi connectivity index (χ1v) is 15.7. The number of carbonyl (C=O) groups is 1. The molecule has 6 heterocycles. The van der Waals surface area contributed by atoms with E-state index >= 15 is 0 Å². The monoisotopic (exact) mass is 622 g/mol. The minimum Gasteiger partial charge on any atom is -0.339 e. The van der Waals surface area contributed by atoms with E-state index in [0.29, 0.717) is 59.8 Å². The Kier molecular flexibility index (Phi) is 7.60. The number of benzene rings is 1. The van der Waals surface area contributed by atoms with Crippen molar-refractivity contribution in [2.75, 3.05) is 56.1 Å². The topological polar surface area (TPSA) is 119 Å². The summed E-state index contributed by atoms with van der Waals surface area (Å²) in [5.41, 5.74) is 4.69. The summed E-state index contributed by atoms with van der Waals surface area (Å²) in [4.78, 5) is 38.1. The van der Waals surface area contributed by atoms with Gasteiger partial charge in [0.2, 0.25) is 11.9 Å². The molecule has 0 unspecified atom stereocenters. The Morgan fingerprint density at radius 1 is 1.04 bits per heavy atom. The van der Waals surface area contributed by atoms with Gasteiger partial charge in [0, 0.05) is 81.6 Å². The smallest absolute Gasteiger partial charge is 0.228 e. The molecule has 0 saturated carbocycles. The fraction of sp³-hybridized carbons (Fsp3) is 0.312. The lowest BCUT2D eigenvalue weighted by Gasteiger charge is -2.38. The molecule has 0 aliphatic carbocycles. The van der Waals surface area contributed by atoms with Crippen molar-refractivity contribution in [3.63, 3.8) is 0 Å². The zero-order valence-electron chi connectivity index (χ0n) is 24.9. The molecule has 0 atom stereocenters. The predicted octanol–water partition coefficient (Wildman–Crippen LogP) is 4.12. The van der Waals surface area contributed by atoms with Crippen molar-refractivity contribution in [3.8, 4) is 28.5 Å². The van der Waals surface area contributed by atoms with Gasteiger partial charge in [0.25, 0.3) is 0 Å². The second-order valence-electron chi connectivity index (χ2n) is 11.2. The lowest BCUT2D eigenvalue weighted by atomic mass is 10.0. The fourth-order valence-electron chi connectivity index (χ4n) is 5.75. The number of carbonyl (C=O) groups excluding carboxylic acids is 1. The van der Waals surface area contributed by atoms with E-state index in [-0.39, 0.29) is 17.6 Å². The molecule has 1 N–H and O–H groups in total. The standard InChI is InChI=1S/C32H31FN10OS/c1-3-25-29(40(2)32-39-28(26(14-34)45-32)20-4-7-24(33)8-5-20)43-19-21(6-9-27(43)38-25)22-17-36-31(37-18-22)42-12-10-41(11-13-42)30(44)23-15-35-16-23/h4-9,17-19,23,35H,3,10-13,15-16H2,1-2H3. The molecule has 1 amide bonds. The van der Waals surface area contributed by atoms with Crippen LogP contribution in [-0.2, 0) is 11.2 Å². The fourth-order valence-corrected chi connectivity index (χ4v) is 6.60. The van der Waals surface area contributed by atoms with Gasteiger partial charge in [0.05, 0.1) is 11.6 Å². The van der Waals surface area contributed by atoms with Gasteiger partial charge in [0.1, 0.15) is 33.9 Å². The van der Waals surface area contributed by atoms with E-state index in [9.17, 15) is 14.4 Å². The summed E-state index contributed by atoms with van der Waals surface area (Å²) in [6, 6.07) is 12.2. The molecule has 11 nitrogen and oxygen atoms in total. The second kappa shape index (κ2) is 11.9.